The maximum atomic E-state index is 12.5. The molecule has 1 atom stereocenters. The molecule has 1 aliphatic rings. The first-order valence-corrected chi connectivity index (χ1v) is 9.18. The van der Waals surface area contributed by atoms with E-state index in [2.05, 4.69) is 16.8 Å². The van der Waals surface area contributed by atoms with Crippen LogP contribution < -0.4 is 0 Å². The van der Waals surface area contributed by atoms with Gasteiger partial charge in [0, 0.05) is 25.8 Å². The first kappa shape index (κ1) is 16.2. The van der Waals surface area contributed by atoms with Crippen molar-refractivity contribution < 1.29 is 9.53 Å². The van der Waals surface area contributed by atoms with Gasteiger partial charge in [-0.3, -0.25) is 4.79 Å². The van der Waals surface area contributed by atoms with Crippen molar-refractivity contribution in [1.82, 2.24) is 4.90 Å². The van der Waals surface area contributed by atoms with Gasteiger partial charge in [-0.05, 0) is 65.8 Å². The molecule has 1 aromatic carbocycles. The Morgan fingerprint density at radius 3 is 2.70 bits per heavy atom. The van der Waals surface area contributed by atoms with E-state index in [0.29, 0.717) is 6.10 Å². The molecule has 122 valence electrons. The minimum absolute atomic E-state index is 0.0812. The monoisotopic (exact) mass is 329 g/mol. The van der Waals surface area contributed by atoms with Gasteiger partial charge in [0.2, 0.25) is 0 Å². The molecule has 0 spiro atoms. The zero-order valence-electron chi connectivity index (χ0n) is 13.5. The van der Waals surface area contributed by atoms with Crippen molar-refractivity contribution in [2.75, 3.05) is 20.2 Å². The number of ether oxygens (including phenoxy) is 1. The van der Waals surface area contributed by atoms with Crippen LogP contribution in [0.5, 0.6) is 0 Å². The summed E-state index contributed by atoms with van der Waals surface area (Å²) in [6.45, 7) is 1.61. The fraction of sp³-hybridized carbons (Fsp3) is 0.421. The summed E-state index contributed by atoms with van der Waals surface area (Å²) >= 11 is 1.68. The Morgan fingerprint density at radius 2 is 2.04 bits per heavy atom. The van der Waals surface area contributed by atoms with Crippen molar-refractivity contribution in [3.05, 3.63) is 46.7 Å². The Balaban J connectivity index is 1.56. The fourth-order valence-electron chi connectivity index (χ4n) is 2.93. The molecule has 1 fully saturated rings. The van der Waals surface area contributed by atoms with E-state index in [9.17, 15) is 4.79 Å². The SMILES string of the molecule is CN(CCC1CCCCO1)C(=O)c1ccc(-c2ccsc2)cc1. The summed E-state index contributed by atoms with van der Waals surface area (Å²) in [5.74, 6) is 0.0812. The van der Waals surface area contributed by atoms with E-state index in [4.69, 9.17) is 4.74 Å². The molecule has 3 rings (SSSR count). The van der Waals surface area contributed by atoms with Gasteiger partial charge in [0.15, 0.2) is 0 Å². The second-order valence-electron chi connectivity index (χ2n) is 6.09. The largest absolute Gasteiger partial charge is 0.378 e. The van der Waals surface area contributed by atoms with E-state index in [1.54, 1.807) is 16.2 Å². The van der Waals surface area contributed by atoms with Gasteiger partial charge in [-0.25, -0.2) is 0 Å². The summed E-state index contributed by atoms with van der Waals surface area (Å²) in [4.78, 5) is 14.3. The molecule has 1 aromatic heterocycles. The van der Waals surface area contributed by atoms with Gasteiger partial charge in [-0.1, -0.05) is 12.1 Å². The van der Waals surface area contributed by atoms with E-state index >= 15 is 0 Å². The zero-order chi connectivity index (χ0) is 16.1. The minimum Gasteiger partial charge on any atom is -0.378 e. The van der Waals surface area contributed by atoms with Crippen LogP contribution in [0.2, 0.25) is 0 Å². The highest BCUT2D eigenvalue weighted by molar-refractivity contribution is 7.08. The predicted octanol–water partition coefficient (Wildman–Crippen LogP) is 4.45. The molecule has 0 N–H and O–H groups in total. The predicted molar refractivity (Wildman–Crippen MR) is 94.9 cm³/mol. The molecule has 0 saturated carbocycles. The first-order valence-electron chi connectivity index (χ1n) is 8.24. The Hall–Kier alpha value is -1.65. The molecule has 2 aromatic rings. The van der Waals surface area contributed by atoms with Crippen molar-refractivity contribution >= 4 is 17.2 Å². The van der Waals surface area contributed by atoms with Crippen molar-refractivity contribution in [2.24, 2.45) is 0 Å². The third kappa shape index (κ3) is 4.21. The molecule has 1 saturated heterocycles. The molecule has 1 unspecified atom stereocenters. The van der Waals surface area contributed by atoms with Gasteiger partial charge < -0.3 is 9.64 Å². The number of carbonyl (C=O) groups excluding carboxylic acids is 1. The number of nitrogens with zero attached hydrogens (tertiary/aromatic N) is 1. The van der Waals surface area contributed by atoms with Crippen molar-refractivity contribution in [3.63, 3.8) is 0 Å². The highest BCUT2D eigenvalue weighted by atomic mass is 32.1. The molecule has 0 bridgehead atoms. The number of carbonyl (C=O) groups is 1. The van der Waals surface area contributed by atoms with Crippen LogP contribution in [0.25, 0.3) is 11.1 Å². The quantitative estimate of drug-likeness (QED) is 0.811. The molecule has 3 nitrogen and oxygen atoms in total. The van der Waals surface area contributed by atoms with E-state index in [-0.39, 0.29) is 5.91 Å². The summed E-state index contributed by atoms with van der Waals surface area (Å²) in [5, 5.41) is 4.18. The average Bonchev–Trinajstić information content (AvgIpc) is 3.15. The van der Waals surface area contributed by atoms with Crippen LogP contribution in [-0.2, 0) is 4.74 Å². The highest BCUT2D eigenvalue weighted by Gasteiger charge is 2.17. The van der Waals surface area contributed by atoms with Crippen LogP contribution in [0.15, 0.2) is 41.1 Å². The third-order valence-electron chi connectivity index (χ3n) is 4.39. The van der Waals surface area contributed by atoms with Gasteiger partial charge in [-0.2, -0.15) is 11.3 Å². The Morgan fingerprint density at radius 1 is 1.22 bits per heavy atom. The molecular weight excluding hydrogens is 306 g/mol. The standard InChI is InChI=1S/C19H23NO2S/c1-20(11-9-18-4-2-3-12-22-18)19(21)16-7-5-15(6-8-16)17-10-13-23-14-17/h5-8,10,13-14,18H,2-4,9,11-12H2,1H3. The summed E-state index contributed by atoms with van der Waals surface area (Å²) in [7, 11) is 1.87. The number of amides is 1. The minimum atomic E-state index is 0.0812. The first-order chi connectivity index (χ1) is 11.2. The lowest BCUT2D eigenvalue weighted by Crippen LogP contribution is -2.31. The second kappa shape index (κ2) is 7.75. The van der Waals surface area contributed by atoms with Crippen molar-refractivity contribution in [2.45, 2.75) is 31.8 Å². The van der Waals surface area contributed by atoms with Gasteiger partial charge in [0.25, 0.3) is 5.91 Å². The molecular formula is C19H23NO2S. The van der Waals surface area contributed by atoms with Gasteiger partial charge in [0.1, 0.15) is 0 Å². The van der Waals surface area contributed by atoms with E-state index in [0.717, 1.165) is 37.1 Å². The van der Waals surface area contributed by atoms with Gasteiger partial charge >= 0.3 is 0 Å². The third-order valence-corrected chi connectivity index (χ3v) is 5.08. The fourth-order valence-corrected chi connectivity index (χ4v) is 3.59. The highest BCUT2D eigenvalue weighted by Crippen LogP contribution is 2.22. The Kier molecular flexibility index (Phi) is 5.47. The zero-order valence-corrected chi connectivity index (χ0v) is 14.3. The maximum Gasteiger partial charge on any atom is 0.253 e. The Bertz CT molecular complexity index is 615. The summed E-state index contributed by atoms with van der Waals surface area (Å²) in [5.41, 5.74) is 3.11. The maximum absolute atomic E-state index is 12.5. The lowest BCUT2D eigenvalue weighted by Gasteiger charge is -2.25. The smallest absolute Gasteiger partial charge is 0.253 e. The molecule has 2 heterocycles. The lowest BCUT2D eigenvalue weighted by molar-refractivity contribution is 0.00709. The van der Waals surface area contributed by atoms with E-state index < -0.39 is 0 Å². The number of rotatable bonds is 5. The van der Waals surface area contributed by atoms with Gasteiger partial charge in [0.05, 0.1) is 6.10 Å². The summed E-state index contributed by atoms with van der Waals surface area (Å²) in [6, 6.07) is 9.98. The van der Waals surface area contributed by atoms with Crippen molar-refractivity contribution in [1.29, 1.82) is 0 Å². The van der Waals surface area contributed by atoms with E-state index in [1.165, 1.54) is 18.4 Å². The number of benzene rings is 1. The van der Waals surface area contributed by atoms with Crippen LogP contribution in [0.3, 0.4) is 0 Å². The molecule has 0 radical (unpaired) electrons. The normalized spacial score (nSPS) is 17.9. The topological polar surface area (TPSA) is 29.5 Å². The average molecular weight is 329 g/mol. The van der Waals surface area contributed by atoms with Crippen LogP contribution in [0.4, 0.5) is 0 Å². The van der Waals surface area contributed by atoms with Gasteiger partial charge in [-0.15, -0.1) is 0 Å². The summed E-state index contributed by atoms with van der Waals surface area (Å²) < 4.78 is 5.73. The molecule has 4 heteroatoms. The van der Waals surface area contributed by atoms with Crippen LogP contribution >= 0.6 is 11.3 Å². The van der Waals surface area contributed by atoms with Crippen LogP contribution in [0.1, 0.15) is 36.0 Å². The molecule has 0 aliphatic carbocycles. The molecule has 1 aliphatic heterocycles. The number of hydrogen-bond donors (Lipinski definition) is 0. The van der Waals surface area contributed by atoms with Crippen molar-refractivity contribution in [3.8, 4) is 11.1 Å². The van der Waals surface area contributed by atoms with Crippen LogP contribution in [0, 0.1) is 0 Å². The second-order valence-corrected chi connectivity index (χ2v) is 6.87. The van der Waals surface area contributed by atoms with E-state index in [1.807, 2.05) is 31.3 Å². The van der Waals surface area contributed by atoms with Crippen LogP contribution in [-0.4, -0.2) is 37.1 Å². The molecule has 23 heavy (non-hydrogen) atoms. The number of hydrogen-bond acceptors (Lipinski definition) is 3. The Labute approximate surface area is 141 Å². The summed E-state index contributed by atoms with van der Waals surface area (Å²) in [6.07, 6.45) is 4.78. The number of thiophene rings is 1. The lowest BCUT2D eigenvalue weighted by atomic mass is 10.1. The molecule has 1 amide bonds.